The van der Waals surface area contributed by atoms with Crippen LogP contribution in [0.4, 0.5) is 19.1 Å². The van der Waals surface area contributed by atoms with Crippen molar-refractivity contribution >= 4 is 23.1 Å². The Bertz CT molecular complexity index is 1020. The van der Waals surface area contributed by atoms with E-state index in [1.807, 2.05) is 6.92 Å². The van der Waals surface area contributed by atoms with Crippen molar-refractivity contribution in [3.05, 3.63) is 57.9 Å². The number of rotatable bonds is 4. The van der Waals surface area contributed by atoms with Crippen LogP contribution in [0, 0.1) is 0 Å². The summed E-state index contributed by atoms with van der Waals surface area (Å²) in [4.78, 5) is 17.1. The first-order valence-electron chi connectivity index (χ1n) is 7.99. The number of carbonyl (C=O) groups excluding carboxylic acids is 1. The van der Waals surface area contributed by atoms with Gasteiger partial charge in [-0.3, -0.25) is 9.48 Å². The fourth-order valence-corrected chi connectivity index (χ4v) is 3.76. The number of ketones is 1. The van der Waals surface area contributed by atoms with Crippen LogP contribution in [0.2, 0.25) is 0 Å². The lowest BCUT2D eigenvalue weighted by atomic mass is 9.94. The van der Waals surface area contributed by atoms with Crippen molar-refractivity contribution in [2.45, 2.75) is 25.7 Å². The standard InChI is InChI=1S/C16H13F3N6OS/c1-2-24-9(5-6-21-24)12-11(13(26)10-4-3-7-27-10)14(16(17,18)19)23-15-20-8-22-25(12)15/h3-8,12H,2H2,1H3,(H,20,22,23). The molecule has 1 N–H and O–H groups in total. The maximum Gasteiger partial charge on any atom is 0.431 e. The number of anilines is 1. The van der Waals surface area contributed by atoms with Crippen LogP contribution < -0.4 is 5.32 Å². The van der Waals surface area contributed by atoms with Gasteiger partial charge in [-0.15, -0.1) is 11.3 Å². The number of nitrogens with zero attached hydrogens (tertiary/aromatic N) is 5. The van der Waals surface area contributed by atoms with E-state index in [-0.39, 0.29) is 10.8 Å². The molecule has 0 radical (unpaired) electrons. The summed E-state index contributed by atoms with van der Waals surface area (Å²) in [5, 5.41) is 12.1. The van der Waals surface area contributed by atoms with Gasteiger partial charge in [0.1, 0.15) is 18.1 Å². The highest BCUT2D eigenvalue weighted by atomic mass is 32.1. The summed E-state index contributed by atoms with van der Waals surface area (Å²) in [6, 6.07) is 3.60. The predicted molar refractivity (Wildman–Crippen MR) is 91.4 cm³/mol. The molecule has 0 aliphatic carbocycles. The van der Waals surface area contributed by atoms with Gasteiger partial charge in [-0.25, -0.2) is 4.68 Å². The highest BCUT2D eigenvalue weighted by Crippen LogP contribution is 2.42. The van der Waals surface area contributed by atoms with E-state index >= 15 is 0 Å². The minimum Gasteiger partial charge on any atom is -0.320 e. The third-order valence-electron chi connectivity index (χ3n) is 4.20. The zero-order valence-corrected chi connectivity index (χ0v) is 14.8. The molecule has 0 fully saturated rings. The SMILES string of the molecule is CCn1nccc1C1C(C(=O)c2cccs2)=C(C(F)(F)F)Nc2ncnn21. The molecule has 7 nitrogen and oxygen atoms in total. The third kappa shape index (κ3) is 2.83. The number of carbonyl (C=O) groups is 1. The number of nitrogens with one attached hydrogen (secondary N) is 1. The summed E-state index contributed by atoms with van der Waals surface area (Å²) >= 11 is 1.08. The van der Waals surface area contributed by atoms with Crippen LogP contribution in [0.25, 0.3) is 0 Å². The molecule has 3 aromatic heterocycles. The molecule has 3 aromatic rings. The minimum atomic E-state index is -4.77. The molecule has 4 rings (SSSR count). The Morgan fingerprint density at radius 2 is 2.15 bits per heavy atom. The van der Waals surface area contributed by atoms with E-state index in [0.717, 1.165) is 17.7 Å². The molecule has 0 amide bonds. The number of allylic oxidation sites excluding steroid dienone is 2. The van der Waals surface area contributed by atoms with Crippen molar-refractivity contribution in [3.63, 3.8) is 0 Å². The van der Waals surface area contributed by atoms with Crippen LogP contribution in [-0.2, 0) is 6.54 Å². The molecule has 140 valence electrons. The molecule has 27 heavy (non-hydrogen) atoms. The van der Waals surface area contributed by atoms with Gasteiger partial charge in [-0.1, -0.05) is 6.07 Å². The van der Waals surface area contributed by atoms with Gasteiger partial charge in [0, 0.05) is 12.7 Å². The average molecular weight is 394 g/mol. The van der Waals surface area contributed by atoms with Crippen LogP contribution in [-0.4, -0.2) is 36.5 Å². The monoisotopic (exact) mass is 394 g/mol. The Kier molecular flexibility index (Phi) is 4.10. The van der Waals surface area contributed by atoms with E-state index in [4.69, 9.17) is 0 Å². The first-order valence-corrected chi connectivity index (χ1v) is 8.87. The number of hydrogen-bond acceptors (Lipinski definition) is 6. The highest BCUT2D eigenvalue weighted by Gasteiger charge is 2.46. The second kappa shape index (κ2) is 6.34. The molecule has 1 aliphatic rings. The smallest absolute Gasteiger partial charge is 0.320 e. The Morgan fingerprint density at radius 1 is 1.33 bits per heavy atom. The quantitative estimate of drug-likeness (QED) is 0.688. The Labute approximate surface area is 155 Å². The summed E-state index contributed by atoms with van der Waals surface area (Å²) in [6.45, 7) is 2.24. The maximum absolute atomic E-state index is 13.8. The van der Waals surface area contributed by atoms with Gasteiger partial charge in [0.05, 0.1) is 16.1 Å². The van der Waals surface area contributed by atoms with Gasteiger partial charge in [0.15, 0.2) is 0 Å². The molecule has 0 bridgehead atoms. The van der Waals surface area contributed by atoms with Crippen molar-refractivity contribution in [1.82, 2.24) is 24.5 Å². The molecule has 1 atom stereocenters. The molecular formula is C16H13F3N6OS. The fraction of sp³-hybridized carbons (Fsp3) is 0.250. The van der Waals surface area contributed by atoms with Crippen LogP contribution >= 0.6 is 11.3 Å². The van der Waals surface area contributed by atoms with Gasteiger partial charge in [-0.2, -0.15) is 28.4 Å². The van der Waals surface area contributed by atoms with Crippen LogP contribution in [0.15, 0.2) is 47.4 Å². The van der Waals surface area contributed by atoms with Gasteiger partial charge in [0.2, 0.25) is 11.7 Å². The van der Waals surface area contributed by atoms with Gasteiger partial charge in [-0.05, 0) is 24.4 Å². The van der Waals surface area contributed by atoms with E-state index in [2.05, 4.69) is 20.5 Å². The van der Waals surface area contributed by atoms with E-state index in [9.17, 15) is 18.0 Å². The zero-order chi connectivity index (χ0) is 19.2. The average Bonchev–Trinajstić information content (AvgIpc) is 3.39. The van der Waals surface area contributed by atoms with Crippen LogP contribution in [0.3, 0.4) is 0 Å². The number of aromatic nitrogens is 5. The third-order valence-corrected chi connectivity index (χ3v) is 5.07. The van der Waals surface area contributed by atoms with E-state index in [0.29, 0.717) is 12.2 Å². The Balaban J connectivity index is 1.99. The number of aryl methyl sites for hydroxylation is 1. The number of fused-ring (bicyclic) bond motifs is 1. The zero-order valence-electron chi connectivity index (χ0n) is 13.9. The first-order chi connectivity index (χ1) is 12.9. The predicted octanol–water partition coefficient (Wildman–Crippen LogP) is 3.27. The number of halogens is 3. The van der Waals surface area contributed by atoms with Crippen molar-refractivity contribution in [1.29, 1.82) is 0 Å². The summed E-state index contributed by atoms with van der Waals surface area (Å²) in [5.74, 6) is -0.793. The largest absolute Gasteiger partial charge is 0.431 e. The molecule has 0 saturated carbocycles. The second-order valence-corrected chi connectivity index (χ2v) is 6.67. The molecule has 4 heterocycles. The molecular weight excluding hydrogens is 381 g/mol. The lowest BCUT2D eigenvalue weighted by Gasteiger charge is -2.30. The lowest BCUT2D eigenvalue weighted by Crippen LogP contribution is -2.35. The molecule has 0 spiro atoms. The Hall–Kier alpha value is -2.95. The van der Waals surface area contributed by atoms with Crippen molar-refractivity contribution in [3.8, 4) is 0 Å². The summed E-state index contributed by atoms with van der Waals surface area (Å²) < 4.78 is 44.3. The summed E-state index contributed by atoms with van der Waals surface area (Å²) in [6.07, 6.45) is -2.14. The molecule has 0 aromatic carbocycles. The minimum absolute atomic E-state index is 0.0843. The van der Waals surface area contributed by atoms with Gasteiger partial charge < -0.3 is 5.32 Å². The topological polar surface area (TPSA) is 77.6 Å². The van der Waals surface area contributed by atoms with E-state index < -0.39 is 29.3 Å². The van der Waals surface area contributed by atoms with E-state index in [1.54, 1.807) is 17.5 Å². The van der Waals surface area contributed by atoms with Gasteiger partial charge in [0.25, 0.3) is 0 Å². The maximum atomic E-state index is 13.8. The second-order valence-electron chi connectivity index (χ2n) is 5.72. The Morgan fingerprint density at radius 3 is 2.81 bits per heavy atom. The molecule has 1 aliphatic heterocycles. The van der Waals surface area contributed by atoms with Crippen LogP contribution in [0.1, 0.15) is 28.3 Å². The molecule has 1 unspecified atom stereocenters. The molecule has 0 saturated heterocycles. The lowest BCUT2D eigenvalue weighted by molar-refractivity contribution is -0.0918. The normalized spacial score (nSPS) is 17.0. The summed E-state index contributed by atoms with van der Waals surface area (Å²) in [5.41, 5.74) is -1.14. The molecule has 11 heteroatoms. The summed E-state index contributed by atoms with van der Waals surface area (Å²) in [7, 11) is 0. The van der Waals surface area contributed by atoms with Crippen molar-refractivity contribution in [2.24, 2.45) is 0 Å². The van der Waals surface area contributed by atoms with Crippen LogP contribution in [0.5, 0.6) is 0 Å². The van der Waals surface area contributed by atoms with Crippen molar-refractivity contribution in [2.75, 3.05) is 5.32 Å². The first kappa shape index (κ1) is 17.5. The van der Waals surface area contributed by atoms with E-state index in [1.165, 1.54) is 21.6 Å². The number of Topliss-reactive ketones (excluding diaryl/α,β-unsaturated/α-hetero) is 1. The fourth-order valence-electron chi connectivity index (χ4n) is 3.08. The van der Waals surface area contributed by atoms with Crippen molar-refractivity contribution < 1.29 is 18.0 Å². The number of alkyl halides is 3. The number of hydrogen-bond donors (Lipinski definition) is 1. The number of thiophene rings is 1. The highest BCUT2D eigenvalue weighted by molar-refractivity contribution is 7.12. The van der Waals surface area contributed by atoms with Gasteiger partial charge >= 0.3 is 6.18 Å².